The second-order valence-corrected chi connectivity index (χ2v) is 4.69. The molecule has 1 heterocycles. The normalized spacial score (nSPS) is 17.1. The lowest BCUT2D eigenvalue weighted by atomic mass is 10.3. The third-order valence-electron chi connectivity index (χ3n) is 3.14. The summed E-state index contributed by atoms with van der Waals surface area (Å²) in [7, 11) is 0. The molecule has 4 nitrogen and oxygen atoms in total. The summed E-state index contributed by atoms with van der Waals surface area (Å²) in [6, 6.07) is 15.7. The summed E-state index contributed by atoms with van der Waals surface area (Å²) in [5, 5.41) is 3.49. The van der Waals surface area contributed by atoms with Gasteiger partial charge in [-0.15, -0.1) is 0 Å². The van der Waals surface area contributed by atoms with E-state index < -0.39 is 0 Å². The first-order valence-electron chi connectivity index (χ1n) is 7.18. The van der Waals surface area contributed by atoms with Crippen LogP contribution in [0.1, 0.15) is 0 Å². The van der Waals surface area contributed by atoms with Crippen molar-refractivity contribution in [2.45, 2.75) is 0 Å². The quantitative estimate of drug-likeness (QED) is 0.692. The van der Waals surface area contributed by atoms with Crippen LogP contribution in [-0.2, 0) is 0 Å². The minimum absolute atomic E-state index is 0.575. The molecule has 0 aliphatic carbocycles. The van der Waals surface area contributed by atoms with Crippen molar-refractivity contribution >= 4 is 0 Å². The first-order valence-corrected chi connectivity index (χ1v) is 7.18. The predicted molar refractivity (Wildman–Crippen MR) is 85.5 cm³/mol. The average molecular weight is 288 g/mol. The Kier molecular flexibility index (Phi) is 4.62. The maximum atomic E-state index is 4.54. The van der Waals surface area contributed by atoms with Crippen molar-refractivity contribution in [2.75, 3.05) is 13.1 Å². The molecule has 0 amide bonds. The minimum Gasteiger partial charge on any atom is -0.279 e. The first-order chi connectivity index (χ1) is 10.9. The van der Waals surface area contributed by atoms with Crippen LogP contribution in [0.5, 0.6) is 0 Å². The molecule has 0 spiro atoms. The van der Waals surface area contributed by atoms with Crippen LogP contribution < -0.4 is 21.4 Å². The van der Waals surface area contributed by atoms with Gasteiger partial charge < -0.3 is 0 Å². The number of para-hydroxylation sites is 4. The molecule has 0 N–H and O–H groups in total. The average Bonchev–Trinajstić information content (AvgIpc) is 2.56. The van der Waals surface area contributed by atoms with E-state index in [0.29, 0.717) is 13.1 Å². The Hall–Kier alpha value is -2.88. The van der Waals surface area contributed by atoms with E-state index in [1.54, 1.807) is 12.4 Å². The summed E-state index contributed by atoms with van der Waals surface area (Å²) in [4.78, 5) is 18.0. The Morgan fingerprint density at radius 3 is 1.41 bits per heavy atom. The molecule has 3 rings (SSSR count). The van der Waals surface area contributed by atoms with Gasteiger partial charge >= 0.3 is 0 Å². The molecule has 0 atom stereocenters. The van der Waals surface area contributed by atoms with Crippen LogP contribution in [0.3, 0.4) is 0 Å². The topological polar surface area (TPSA) is 49.4 Å². The van der Waals surface area contributed by atoms with Crippen LogP contribution in [0.15, 0.2) is 93.1 Å². The van der Waals surface area contributed by atoms with E-state index >= 15 is 0 Å². The third kappa shape index (κ3) is 3.61. The standard InChI is InChI=1S/C18H16N4/c1-2-8-16-15(7-1)19-11-5-13-21-17-9-3-4-10-18(17)22-14-6-12-20-16/h1-12H,13-14H2/b11-5-,12-6-,19-15?,20-16?,21-17?,22-18?. The SMILES string of the molecule is C1=C\N=c2ccccc2=N/C=C\CN=c2ccccc2=NC/1. The smallest absolute Gasteiger partial charge is 0.0885 e. The van der Waals surface area contributed by atoms with Crippen LogP contribution >= 0.6 is 0 Å². The molecule has 22 heavy (non-hydrogen) atoms. The van der Waals surface area contributed by atoms with Crippen LogP contribution in [-0.4, -0.2) is 13.1 Å². The van der Waals surface area contributed by atoms with Gasteiger partial charge in [-0.05, 0) is 36.4 Å². The summed E-state index contributed by atoms with van der Waals surface area (Å²) in [6.45, 7) is 1.15. The molecule has 2 aromatic rings. The summed E-state index contributed by atoms with van der Waals surface area (Å²) in [5.74, 6) is 0. The van der Waals surface area contributed by atoms with Crippen LogP contribution in [0.2, 0.25) is 0 Å². The monoisotopic (exact) mass is 288 g/mol. The lowest BCUT2D eigenvalue weighted by Gasteiger charge is -1.91. The Bertz CT molecular complexity index is 862. The number of fused-ring (bicyclic) bond motifs is 2. The van der Waals surface area contributed by atoms with Gasteiger partial charge in [0.25, 0.3) is 0 Å². The van der Waals surface area contributed by atoms with E-state index in [1.807, 2.05) is 60.7 Å². The molecule has 0 fully saturated rings. The molecular weight excluding hydrogens is 272 g/mol. The highest BCUT2D eigenvalue weighted by atomic mass is 14.8. The van der Waals surface area contributed by atoms with Gasteiger partial charge in [-0.1, -0.05) is 24.3 Å². The summed E-state index contributed by atoms with van der Waals surface area (Å²) in [5.41, 5.74) is 0. The number of nitrogens with zero attached hydrogens (tertiary/aromatic N) is 4. The fraction of sp³-hybridized carbons (Fsp3) is 0.111. The molecule has 0 saturated heterocycles. The molecule has 4 heteroatoms. The molecule has 0 radical (unpaired) electrons. The molecule has 1 aliphatic heterocycles. The lowest BCUT2D eigenvalue weighted by molar-refractivity contribution is 1.05. The van der Waals surface area contributed by atoms with Crippen molar-refractivity contribution in [1.82, 2.24) is 0 Å². The molecule has 1 aliphatic rings. The second-order valence-electron chi connectivity index (χ2n) is 4.69. The Labute approximate surface area is 128 Å². The van der Waals surface area contributed by atoms with E-state index in [-0.39, 0.29) is 0 Å². The van der Waals surface area contributed by atoms with Gasteiger partial charge in [0.15, 0.2) is 0 Å². The van der Waals surface area contributed by atoms with Gasteiger partial charge in [-0.3, -0.25) is 20.0 Å². The van der Waals surface area contributed by atoms with Gasteiger partial charge in [0.2, 0.25) is 0 Å². The Morgan fingerprint density at radius 1 is 0.545 bits per heavy atom. The van der Waals surface area contributed by atoms with Crippen LogP contribution in [0.25, 0.3) is 0 Å². The Morgan fingerprint density at radius 2 is 0.955 bits per heavy atom. The maximum Gasteiger partial charge on any atom is 0.0885 e. The van der Waals surface area contributed by atoms with Gasteiger partial charge in [-0.25, -0.2) is 0 Å². The van der Waals surface area contributed by atoms with E-state index in [2.05, 4.69) is 20.0 Å². The van der Waals surface area contributed by atoms with E-state index in [9.17, 15) is 0 Å². The van der Waals surface area contributed by atoms with Crippen LogP contribution in [0, 0.1) is 0 Å². The minimum atomic E-state index is 0.575. The number of hydrogen-bond acceptors (Lipinski definition) is 4. The second kappa shape index (κ2) is 7.22. The zero-order valence-corrected chi connectivity index (χ0v) is 12.1. The van der Waals surface area contributed by atoms with Crippen molar-refractivity contribution < 1.29 is 0 Å². The number of hydrogen-bond donors (Lipinski definition) is 0. The Balaban J connectivity index is 2.08. The fourth-order valence-corrected chi connectivity index (χ4v) is 2.08. The zero-order chi connectivity index (χ0) is 15.0. The van der Waals surface area contributed by atoms with Gasteiger partial charge in [0.1, 0.15) is 0 Å². The summed E-state index contributed by atoms with van der Waals surface area (Å²) in [6.07, 6.45) is 7.39. The molecular formula is C18H16N4. The number of rotatable bonds is 0. The van der Waals surface area contributed by atoms with E-state index in [1.165, 1.54) is 0 Å². The molecule has 0 aromatic heterocycles. The molecule has 2 aromatic carbocycles. The predicted octanol–water partition coefficient (Wildman–Crippen LogP) is 0.906. The van der Waals surface area contributed by atoms with E-state index in [4.69, 9.17) is 0 Å². The number of benzene rings is 2. The highest BCUT2D eigenvalue weighted by Crippen LogP contribution is 1.81. The first kappa shape index (κ1) is 14.1. The maximum absolute atomic E-state index is 4.54. The largest absolute Gasteiger partial charge is 0.279 e. The van der Waals surface area contributed by atoms with E-state index in [0.717, 1.165) is 21.4 Å². The van der Waals surface area contributed by atoms with Gasteiger partial charge in [0, 0.05) is 12.4 Å². The van der Waals surface area contributed by atoms with Crippen LogP contribution in [0.4, 0.5) is 0 Å². The van der Waals surface area contributed by atoms with Crippen molar-refractivity contribution in [3.05, 3.63) is 94.5 Å². The van der Waals surface area contributed by atoms with Crippen molar-refractivity contribution in [3.63, 3.8) is 0 Å². The van der Waals surface area contributed by atoms with Gasteiger partial charge in [0.05, 0.1) is 34.5 Å². The van der Waals surface area contributed by atoms with Gasteiger partial charge in [-0.2, -0.15) is 0 Å². The van der Waals surface area contributed by atoms with Crippen molar-refractivity contribution in [1.29, 1.82) is 0 Å². The lowest BCUT2D eigenvalue weighted by Crippen LogP contribution is -2.25. The molecule has 0 unspecified atom stereocenters. The summed E-state index contributed by atoms with van der Waals surface area (Å²) < 4.78 is 0. The molecule has 0 saturated carbocycles. The highest BCUT2D eigenvalue weighted by molar-refractivity contribution is 5.04. The fourth-order valence-electron chi connectivity index (χ4n) is 2.08. The van der Waals surface area contributed by atoms with Crippen molar-refractivity contribution in [3.8, 4) is 0 Å². The zero-order valence-electron chi connectivity index (χ0n) is 12.1. The molecule has 108 valence electrons. The third-order valence-corrected chi connectivity index (χ3v) is 3.14. The highest BCUT2D eigenvalue weighted by Gasteiger charge is 1.87. The molecule has 0 bridgehead atoms. The van der Waals surface area contributed by atoms with Crippen molar-refractivity contribution in [2.24, 2.45) is 20.0 Å². The summed E-state index contributed by atoms with van der Waals surface area (Å²) >= 11 is 0.